The van der Waals surface area contributed by atoms with Crippen LogP contribution < -0.4 is 10.1 Å². The number of carbonyl (C=O) groups excluding carboxylic acids is 1. The van der Waals surface area contributed by atoms with Gasteiger partial charge in [-0.25, -0.2) is 0 Å². The molecule has 0 spiro atoms. The summed E-state index contributed by atoms with van der Waals surface area (Å²) in [7, 11) is 1.70. The van der Waals surface area contributed by atoms with Crippen molar-refractivity contribution in [1.82, 2.24) is 4.90 Å². The Kier molecular flexibility index (Phi) is 8.57. The Morgan fingerprint density at radius 3 is 2.26 bits per heavy atom. The summed E-state index contributed by atoms with van der Waals surface area (Å²) in [5.41, 5.74) is 4.51. The molecule has 1 saturated heterocycles. The van der Waals surface area contributed by atoms with Gasteiger partial charge >= 0.3 is 0 Å². The fraction of sp³-hybridized carbons (Fsp3) is 0.303. The third kappa shape index (κ3) is 6.17. The number of aryl methyl sites for hydroxylation is 1. The molecule has 1 fully saturated rings. The minimum absolute atomic E-state index is 0.0635. The lowest BCUT2D eigenvalue weighted by atomic mass is 9.88. The summed E-state index contributed by atoms with van der Waals surface area (Å²) < 4.78 is 5.45. The lowest BCUT2D eigenvalue weighted by molar-refractivity contribution is 0.102. The van der Waals surface area contributed by atoms with Gasteiger partial charge in [-0.3, -0.25) is 9.69 Å². The molecule has 196 valence electrons. The Morgan fingerprint density at radius 1 is 0.974 bits per heavy atom. The molecule has 0 aliphatic carbocycles. The van der Waals surface area contributed by atoms with Crippen LogP contribution >= 0.6 is 11.3 Å². The monoisotopic (exact) mass is 524 g/mol. The van der Waals surface area contributed by atoms with Crippen LogP contribution in [0.15, 0.2) is 91.0 Å². The second-order valence-corrected chi connectivity index (χ2v) is 11.2. The Bertz CT molecular complexity index is 1310. The first-order valence-electron chi connectivity index (χ1n) is 13.6. The molecule has 0 unspecified atom stereocenters. The Balaban J connectivity index is 1.43. The van der Waals surface area contributed by atoms with Gasteiger partial charge in [0.2, 0.25) is 0 Å². The predicted molar refractivity (Wildman–Crippen MR) is 157 cm³/mol. The molecular weight excluding hydrogens is 488 g/mol. The molecular formula is C33H36N2O2S. The van der Waals surface area contributed by atoms with Gasteiger partial charge in [-0.05, 0) is 86.1 Å². The number of likely N-dealkylation sites (tertiary alicyclic amines) is 1. The summed E-state index contributed by atoms with van der Waals surface area (Å²) in [6, 6.07) is 31.1. The fourth-order valence-corrected chi connectivity index (χ4v) is 6.46. The van der Waals surface area contributed by atoms with Gasteiger partial charge in [0.25, 0.3) is 5.91 Å². The molecule has 2 heterocycles. The number of hydrogen-bond donors (Lipinski definition) is 1. The summed E-state index contributed by atoms with van der Waals surface area (Å²) in [4.78, 5) is 17.0. The van der Waals surface area contributed by atoms with Crippen LogP contribution in [0.5, 0.6) is 5.75 Å². The third-order valence-electron chi connectivity index (χ3n) is 7.53. The van der Waals surface area contributed by atoms with Gasteiger partial charge in [0.1, 0.15) is 10.8 Å². The first-order chi connectivity index (χ1) is 18.6. The summed E-state index contributed by atoms with van der Waals surface area (Å²) >= 11 is 1.70. The largest absolute Gasteiger partial charge is 0.497 e. The fourth-order valence-electron chi connectivity index (χ4n) is 5.43. The number of benzene rings is 3. The van der Waals surface area contributed by atoms with E-state index in [-0.39, 0.29) is 11.9 Å². The van der Waals surface area contributed by atoms with E-state index in [1.807, 2.05) is 42.5 Å². The average molecular weight is 525 g/mol. The molecule has 1 aromatic heterocycles. The highest BCUT2D eigenvalue weighted by molar-refractivity contribution is 7.16. The van der Waals surface area contributed by atoms with Crippen LogP contribution in [-0.2, 0) is 12.8 Å². The molecule has 4 aromatic rings. The highest BCUT2D eigenvalue weighted by Gasteiger charge is 2.30. The molecule has 1 N–H and O–H groups in total. The minimum atomic E-state index is -0.0635. The predicted octanol–water partition coefficient (Wildman–Crippen LogP) is 7.62. The maximum Gasteiger partial charge on any atom is 0.256 e. The van der Waals surface area contributed by atoms with Crippen LogP contribution in [0.3, 0.4) is 0 Å². The molecule has 0 saturated carbocycles. The van der Waals surface area contributed by atoms with Crippen molar-refractivity contribution < 1.29 is 9.53 Å². The van der Waals surface area contributed by atoms with E-state index in [0.717, 1.165) is 49.5 Å². The Labute approximate surface area is 230 Å². The van der Waals surface area contributed by atoms with Gasteiger partial charge in [-0.2, -0.15) is 0 Å². The number of anilines is 1. The second kappa shape index (κ2) is 12.4. The van der Waals surface area contributed by atoms with Crippen LogP contribution in [0.4, 0.5) is 5.00 Å². The van der Waals surface area contributed by atoms with Crippen molar-refractivity contribution in [3.63, 3.8) is 0 Å². The normalized spacial score (nSPS) is 15.2. The van der Waals surface area contributed by atoms with Gasteiger partial charge in [-0.1, -0.05) is 67.6 Å². The molecule has 1 amide bonds. The van der Waals surface area contributed by atoms with Gasteiger partial charge in [0, 0.05) is 16.0 Å². The number of amides is 1. The number of piperidine rings is 1. The zero-order valence-electron chi connectivity index (χ0n) is 22.2. The number of hydrogen-bond acceptors (Lipinski definition) is 4. The molecule has 38 heavy (non-hydrogen) atoms. The van der Waals surface area contributed by atoms with E-state index in [4.69, 9.17) is 4.74 Å². The van der Waals surface area contributed by atoms with Crippen molar-refractivity contribution in [2.24, 2.45) is 5.92 Å². The smallest absolute Gasteiger partial charge is 0.256 e. The summed E-state index contributed by atoms with van der Waals surface area (Å²) in [6.07, 6.45) is 4.40. The Morgan fingerprint density at radius 2 is 1.63 bits per heavy atom. The molecule has 3 aromatic carbocycles. The quantitative estimate of drug-likeness (QED) is 0.245. The van der Waals surface area contributed by atoms with E-state index in [2.05, 4.69) is 65.7 Å². The minimum Gasteiger partial charge on any atom is -0.497 e. The van der Waals surface area contributed by atoms with Crippen LogP contribution in [0.2, 0.25) is 0 Å². The SMILES string of the molecule is CCc1cc([C@H](c2ccc(OC)cc2)N2CCC(Cc3ccccc3)CC2)c(NC(=O)c2ccccc2)s1. The number of methoxy groups -OCH3 is 1. The summed E-state index contributed by atoms with van der Waals surface area (Å²) in [6.45, 7) is 4.23. The van der Waals surface area contributed by atoms with Crippen LogP contribution in [-0.4, -0.2) is 31.0 Å². The highest BCUT2D eigenvalue weighted by atomic mass is 32.1. The molecule has 5 heteroatoms. The average Bonchev–Trinajstić information content (AvgIpc) is 3.37. The number of carbonyl (C=O) groups is 1. The van der Waals surface area contributed by atoms with E-state index < -0.39 is 0 Å². The summed E-state index contributed by atoms with van der Waals surface area (Å²) in [5, 5.41) is 4.21. The van der Waals surface area contributed by atoms with Crippen LogP contribution in [0, 0.1) is 5.92 Å². The van der Waals surface area contributed by atoms with Gasteiger partial charge in [0.15, 0.2) is 0 Å². The third-order valence-corrected chi connectivity index (χ3v) is 8.74. The number of rotatable bonds is 9. The van der Waals surface area contributed by atoms with E-state index in [1.54, 1.807) is 18.4 Å². The number of nitrogens with one attached hydrogen (secondary N) is 1. The summed E-state index contributed by atoms with van der Waals surface area (Å²) in [5.74, 6) is 1.48. The van der Waals surface area contributed by atoms with E-state index in [1.165, 1.54) is 21.6 Å². The zero-order chi connectivity index (χ0) is 26.3. The molecule has 0 radical (unpaired) electrons. The van der Waals surface area contributed by atoms with Gasteiger partial charge < -0.3 is 10.1 Å². The Hall–Kier alpha value is -3.41. The number of ether oxygens (including phenoxy) is 1. The highest BCUT2D eigenvalue weighted by Crippen LogP contribution is 2.41. The van der Waals surface area contributed by atoms with Gasteiger partial charge in [-0.15, -0.1) is 11.3 Å². The lowest BCUT2D eigenvalue weighted by Gasteiger charge is -2.38. The number of nitrogens with zero attached hydrogens (tertiary/aromatic N) is 1. The molecule has 0 bridgehead atoms. The van der Waals surface area contributed by atoms with Gasteiger partial charge in [0.05, 0.1) is 13.2 Å². The molecule has 4 nitrogen and oxygen atoms in total. The zero-order valence-corrected chi connectivity index (χ0v) is 23.0. The second-order valence-electron chi connectivity index (χ2n) is 10.0. The van der Waals surface area contributed by atoms with Crippen molar-refractivity contribution in [2.75, 3.05) is 25.5 Å². The maximum absolute atomic E-state index is 13.2. The topological polar surface area (TPSA) is 41.6 Å². The van der Waals surface area contributed by atoms with Crippen molar-refractivity contribution in [3.05, 3.63) is 118 Å². The molecule has 1 atom stereocenters. The van der Waals surface area contributed by atoms with E-state index in [0.29, 0.717) is 11.5 Å². The van der Waals surface area contributed by atoms with Crippen molar-refractivity contribution in [3.8, 4) is 5.75 Å². The maximum atomic E-state index is 13.2. The van der Waals surface area contributed by atoms with E-state index in [9.17, 15) is 4.79 Å². The van der Waals surface area contributed by atoms with Crippen molar-refractivity contribution >= 4 is 22.2 Å². The van der Waals surface area contributed by atoms with Crippen LogP contribution in [0.25, 0.3) is 0 Å². The molecule has 5 rings (SSSR count). The first-order valence-corrected chi connectivity index (χ1v) is 14.4. The van der Waals surface area contributed by atoms with Crippen molar-refractivity contribution in [2.45, 2.75) is 38.6 Å². The standard InChI is InChI=1S/C33H36N2O2S/c1-3-29-23-30(33(38-29)34-32(36)27-12-8-5-9-13-27)31(26-14-16-28(37-2)17-15-26)35-20-18-25(19-21-35)22-24-10-6-4-7-11-24/h4-17,23,25,31H,3,18-22H2,1-2H3,(H,34,36)/t31-/m0/s1. The van der Waals surface area contributed by atoms with Crippen molar-refractivity contribution in [1.29, 1.82) is 0 Å². The lowest BCUT2D eigenvalue weighted by Crippen LogP contribution is -2.38. The molecule has 1 aliphatic heterocycles. The van der Waals surface area contributed by atoms with Crippen LogP contribution in [0.1, 0.15) is 57.7 Å². The van der Waals surface area contributed by atoms with E-state index >= 15 is 0 Å². The first kappa shape index (κ1) is 26.2. The molecule has 1 aliphatic rings. The number of thiophene rings is 1.